The van der Waals surface area contributed by atoms with Crippen LogP contribution in [0.5, 0.6) is 0 Å². The van der Waals surface area contributed by atoms with Crippen molar-refractivity contribution in [2.75, 3.05) is 6.54 Å². The summed E-state index contributed by atoms with van der Waals surface area (Å²) in [5.74, 6) is -0.0455. The number of thiophene rings is 1. The summed E-state index contributed by atoms with van der Waals surface area (Å²) in [4.78, 5) is 15.9. The van der Waals surface area contributed by atoms with E-state index < -0.39 is 0 Å². The molecule has 6 heteroatoms. The highest BCUT2D eigenvalue weighted by Crippen LogP contribution is 2.16. The molecule has 3 aromatic heterocycles. The first kappa shape index (κ1) is 13.5. The van der Waals surface area contributed by atoms with Gasteiger partial charge in [-0.25, -0.2) is 0 Å². The monoisotopic (exact) mass is 298 g/mol. The number of hydrogen-bond donors (Lipinski definition) is 1. The van der Waals surface area contributed by atoms with E-state index in [0.29, 0.717) is 18.7 Å². The van der Waals surface area contributed by atoms with E-state index in [9.17, 15) is 4.79 Å². The van der Waals surface area contributed by atoms with E-state index >= 15 is 0 Å². The molecule has 5 nitrogen and oxygen atoms in total. The standard InChI is InChI=1S/C15H14N4OS/c20-15(13-3-7-21-11-13)17-5-6-19-10-14(9-18-19)12-2-1-4-16-8-12/h1-4,7-11H,5-6H2,(H,17,20). The minimum absolute atomic E-state index is 0.0455. The van der Waals surface area contributed by atoms with Crippen molar-refractivity contribution in [2.24, 2.45) is 0 Å². The summed E-state index contributed by atoms with van der Waals surface area (Å²) in [6, 6.07) is 5.70. The predicted molar refractivity (Wildman–Crippen MR) is 82.1 cm³/mol. The molecule has 1 amide bonds. The molecule has 0 bridgehead atoms. The SMILES string of the molecule is O=C(NCCn1cc(-c2cccnc2)cn1)c1ccsc1. The quantitative estimate of drug-likeness (QED) is 0.787. The van der Waals surface area contributed by atoms with Crippen LogP contribution in [0.4, 0.5) is 0 Å². The van der Waals surface area contributed by atoms with Gasteiger partial charge in [-0.05, 0) is 17.5 Å². The first-order valence-electron chi connectivity index (χ1n) is 6.56. The Bertz CT molecular complexity index is 706. The van der Waals surface area contributed by atoms with E-state index in [0.717, 1.165) is 11.1 Å². The number of pyridine rings is 1. The van der Waals surface area contributed by atoms with Crippen molar-refractivity contribution in [3.05, 3.63) is 59.3 Å². The van der Waals surface area contributed by atoms with E-state index in [1.54, 1.807) is 18.6 Å². The van der Waals surface area contributed by atoms with Crippen LogP contribution in [-0.2, 0) is 6.54 Å². The lowest BCUT2D eigenvalue weighted by Crippen LogP contribution is -2.26. The van der Waals surface area contributed by atoms with E-state index in [-0.39, 0.29) is 5.91 Å². The molecule has 3 rings (SSSR count). The van der Waals surface area contributed by atoms with E-state index in [2.05, 4.69) is 15.4 Å². The smallest absolute Gasteiger partial charge is 0.252 e. The first-order valence-corrected chi connectivity index (χ1v) is 7.50. The van der Waals surface area contributed by atoms with Crippen LogP contribution in [0.15, 0.2) is 53.7 Å². The number of amides is 1. The number of hydrogen-bond acceptors (Lipinski definition) is 4. The number of carbonyl (C=O) groups excluding carboxylic acids is 1. The number of aromatic nitrogens is 3. The zero-order valence-electron chi connectivity index (χ0n) is 11.3. The molecule has 0 saturated carbocycles. The molecule has 0 radical (unpaired) electrons. The largest absolute Gasteiger partial charge is 0.350 e. The first-order chi connectivity index (χ1) is 10.3. The molecular weight excluding hydrogens is 284 g/mol. The number of nitrogens with one attached hydrogen (secondary N) is 1. The van der Waals surface area contributed by atoms with Crippen LogP contribution in [0.1, 0.15) is 10.4 Å². The van der Waals surface area contributed by atoms with Crippen molar-refractivity contribution < 1.29 is 4.79 Å². The fraction of sp³-hybridized carbons (Fsp3) is 0.133. The predicted octanol–water partition coefficient (Wildman–Crippen LogP) is 2.44. The Labute approximate surface area is 126 Å². The maximum atomic E-state index is 11.8. The van der Waals surface area contributed by atoms with Crippen LogP contribution < -0.4 is 5.32 Å². The van der Waals surface area contributed by atoms with Gasteiger partial charge in [-0.15, -0.1) is 0 Å². The molecule has 0 saturated heterocycles. The third-order valence-corrected chi connectivity index (χ3v) is 3.72. The summed E-state index contributed by atoms with van der Waals surface area (Å²) < 4.78 is 1.82. The average Bonchev–Trinajstić information content (AvgIpc) is 3.20. The minimum atomic E-state index is -0.0455. The highest BCUT2D eigenvalue weighted by molar-refractivity contribution is 7.08. The van der Waals surface area contributed by atoms with Crippen LogP contribution in [0.2, 0.25) is 0 Å². The average molecular weight is 298 g/mol. The van der Waals surface area contributed by atoms with Crippen molar-refractivity contribution in [3.63, 3.8) is 0 Å². The number of carbonyl (C=O) groups is 1. The zero-order chi connectivity index (χ0) is 14.5. The number of rotatable bonds is 5. The van der Waals surface area contributed by atoms with Crippen molar-refractivity contribution in [1.29, 1.82) is 0 Å². The van der Waals surface area contributed by atoms with Gasteiger partial charge in [0.15, 0.2) is 0 Å². The second-order valence-electron chi connectivity index (χ2n) is 4.50. The van der Waals surface area contributed by atoms with Crippen molar-refractivity contribution >= 4 is 17.2 Å². The summed E-state index contributed by atoms with van der Waals surface area (Å²) in [5.41, 5.74) is 2.76. The molecule has 0 unspecified atom stereocenters. The van der Waals surface area contributed by atoms with Crippen LogP contribution >= 0.6 is 11.3 Å². The topological polar surface area (TPSA) is 59.8 Å². The van der Waals surface area contributed by atoms with Crippen LogP contribution in [0.25, 0.3) is 11.1 Å². The lowest BCUT2D eigenvalue weighted by molar-refractivity contribution is 0.0952. The van der Waals surface area contributed by atoms with Gasteiger partial charge in [0.25, 0.3) is 5.91 Å². The molecule has 21 heavy (non-hydrogen) atoms. The Morgan fingerprint density at radius 3 is 3.00 bits per heavy atom. The second-order valence-corrected chi connectivity index (χ2v) is 5.28. The molecular formula is C15H14N4OS. The Morgan fingerprint density at radius 2 is 2.24 bits per heavy atom. The van der Waals surface area contributed by atoms with Gasteiger partial charge in [0, 0.05) is 47.2 Å². The molecule has 0 fully saturated rings. The molecule has 1 N–H and O–H groups in total. The molecule has 3 aromatic rings. The summed E-state index contributed by atoms with van der Waals surface area (Å²) in [5, 5.41) is 10.9. The van der Waals surface area contributed by atoms with Gasteiger partial charge in [0.05, 0.1) is 12.7 Å². The third kappa shape index (κ3) is 3.35. The Balaban J connectivity index is 1.55. The Morgan fingerprint density at radius 1 is 1.29 bits per heavy atom. The maximum Gasteiger partial charge on any atom is 0.252 e. The molecule has 0 atom stereocenters. The van der Waals surface area contributed by atoms with Crippen molar-refractivity contribution in [2.45, 2.75) is 6.54 Å². The van der Waals surface area contributed by atoms with Crippen molar-refractivity contribution in [1.82, 2.24) is 20.1 Å². The lowest BCUT2D eigenvalue weighted by Gasteiger charge is -2.03. The fourth-order valence-electron chi connectivity index (χ4n) is 1.95. The second kappa shape index (κ2) is 6.32. The van der Waals surface area contributed by atoms with E-state index in [1.807, 2.05) is 39.8 Å². The van der Waals surface area contributed by atoms with Crippen LogP contribution in [-0.4, -0.2) is 27.2 Å². The fourth-order valence-corrected chi connectivity index (χ4v) is 2.58. The van der Waals surface area contributed by atoms with Crippen LogP contribution in [0, 0.1) is 0 Å². The molecule has 0 aliphatic heterocycles. The highest BCUT2D eigenvalue weighted by Gasteiger charge is 2.05. The summed E-state index contributed by atoms with van der Waals surface area (Å²) in [6.07, 6.45) is 7.30. The third-order valence-electron chi connectivity index (χ3n) is 3.04. The minimum Gasteiger partial charge on any atom is -0.350 e. The molecule has 3 heterocycles. The molecule has 0 aliphatic carbocycles. The number of nitrogens with zero attached hydrogens (tertiary/aromatic N) is 3. The highest BCUT2D eigenvalue weighted by atomic mass is 32.1. The normalized spacial score (nSPS) is 10.5. The lowest BCUT2D eigenvalue weighted by atomic mass is 10.2. The van der Waals surface area contributed by atoms with Gasteiger partial charge in [0.2, 0.25) is 0 Å². The summed E-state index contributed by atoms with van der Waals surface area (Å²) in [7, 11) is 0. The van der Waals surface area contributed by atoms with Gasteiger partial charge in [-0.2, -0.15) is 16.4 Å². The molecule has 106 valence electrons. The molecule has 0 aliphatic rings. The summed E-state index contributed by atoms with van der Waals surface area (Å²) >= 11 is 1.51. The van der Waals surface area contributed by atoms with E-state index in [1.165, 1.54) is 11.3 Å². The zero-order valence-corrected chi connectivity index (χ0v) is 12.1. The summed E-state index contributed by atoms with van der Waals surface area (Å²) in [6.45, 7) is 1.18. The van der Waals surface area contributed by atoms with Crippen LogP contribution in [0.3, 0.4) is 0 Å². The van der Waals surface area contributed by atoms with Gasteiger partial charge in [0.1, 0.15) is 0 Å². The molecule has 0 spiro atoms. The molecule has 0 aromatic carbocycles. The van der Waals surface area contributed by atoms with Gasteiger partial charge >= 0.3 is 0 Å². The Kier molecular flexibility index (Phi) is 4.07. The van der Waals surface area contributed by atoms with Crippen molar-refractivity contribution in [3.8, 4) is 11.1 Å². The van der Waals surface area contributed by atoms with Gasteiger partial charge < -0.3 is 5.32 Å². The maximum absolute atomic E-state index is 11.8. The van der Waals surface area contributed by atoms with Gasteiger partial charge in [-0.1, -0.05) is 6.07 Å². The Hall–Kier alpha value is -2.47. The van der Waals surface area contributed by atoms with Gasteiger partial charge in [-0.3, -0.25) is 14.5 Å². The van der Waals surface area contributed by atoms with E-state index in [4.69, 9.17) is 0 Å².